The van der Waals surface area contributed by atoms with Crippen molar-refractivity contribution < 1.29 is 8.22 Å². The molecule has 0 bridgehead atoms. The molecule has 166 valence electrons. The highest BCUT2D eigenvalue weighted by molar-refractivity contribution is 5.47. The van der Waals surface area contributed by atoms with E-state index in [9.17, 15) is 6.85 Å². The predicted molar refractivity (Wildman–Crippen MR) is 141 cm³/mol. The number of benzene rings is 4. The molecule has 2 heterocycles. The van der Waals surface area contributed by atoms with Gasteiger partial charge in [0.2, 0.25) is 0 Å². The minimum absolute atomic E-state index is 0.0423. The first kappa shape index (κ1) is 15.1. The highest BCUT2D eigenvalue weighted by Crippen LogP contribution is 2.59. The first-order valence-electron chi connectivity index (χ1n) is 14.6. The molecule has 2 aliphatic rings. The number of piperidine rings is 1. The molecule has 0 aromatic heterocycles. The van der Waals surface area contributed by atoms with Crippen molar-refractivity contribution in [2.24, 2.45) is 0 Å². The Kier molecular flexibility index (Phi) is 4.09. The van der Waals surface area contributed by atoms with Crippen LogP contribution in [0.5, 0.6) is 0 Å². The summed E-state index contributed by atoms with van der Waals surface area (Å²) < 4.78 is 59.8. The summed E-state index contributed by atoms with van der Waals surface area (Å²) in [5, 5.41) is 0. The van der Waals surface area contributed by atoms with Crippen molar-refractivity contribution >= 4 is 0 Å². The summed E-state index contributed by atoms with van der Waals surface area (Å²) in [5.74, 6) is -6.21. The number of allylic oxidation sites excluding steroid dienone is 3. The third kappa shape index (κ3) is 3.68. The van der Waals surface area contributed by atoms with Gasteiger partial charge >= 0.3 is 0 Å². The first-order valence-corrected chi connectivity index (χ1v) is 11.5. The lowest BCUT2D eigenvalue weighted by Crippen LogP contribution is -2.44. The Morgan fingerprint density at radius 1 is 0.618 bits per heavy atom. The molecule has 0 amide bonds. The largest absolute Gasteiger partial charge is 0.363 e. The Balaban J connectivity index is 1.86. The minimum atomic E-state index is -2.17. The zero-order valence-electron chi connectivity index (χ0n) is 24.7. The highest BCUT2D eigenvalue weighted by Gasteiger charge is 2.48. The van der Waals surface area contributed by atoms with Crippen molar-refractivity contribution in [1.82, 2.24) is 4.90 Å². The van der Waals surface area contributed by atoms with E-state index in [-0.39, 0.29) is 11.7 Å². The fourth-order valence-electron chi connectivity index (χ4n) is 4.83. The Morgan fingerprint density at radius 3 is 1.65 bits per heavy atom. The molecule has 1 fully saturated rings. The molecular formula is C33H29N. The van der Waals surface area contributed by atoms with E-state index in [0.717, 1.165) is 0 Å². The van der Waals surface area contributed by atoms with Gasteiger partial charge in [0.15, 0.2) is 0 Å². The summed E-state index contributed by atoms with van der Waals surface area (Å²) in [7, 11) is 0. The van der Waals surface area contributed by atoms with Gasteiger partial charge in [-0.15, -0.1) is 0 Å². The van der Waals surface area contributed by atoms with Gasteiger partial charge in [0, 0.05) is 34.0 Å². The van der Waals surface area contributed by atoms with Gasteiger partial charge in [-0.1, -0.05) is 133 Å². The van der Waals surface area contributed by atoms with E-state index >= 15 is 0 Å². The molecule has 1 nitrogen and oxygen atoms in total. The third-order valence-electron chi connectivity index (χ3n) is 6.27. The quantitative estimate of drug-likeness (QED) is 0.309. The molecule has 1 saturated heterocycles. The lowest BCUT2D eigenvalue weighted by molar-refractivity contribution is 0.154. The maximum Gasteiger partial charge on any atom is 0.0617 e. The van der Waals surface area contributed by atoms with Crippen LogP contribution in [-0.2, 0) is 0 Å². The molecule has 6 rings (SSSR count). The second-order valence-electron chi connectivity index (χ2n) is 8.32. The number of hydrogen-bond donors (Lipinski definition) is 0. The molecular weight excluding hydrogens is 410 g/mol. The maximum absolute atomic E-state index is 10.6. The SMILES string of the molecule is [2H]C1=CC=C2N(C1[2H])C([2H])(c1ccccc1)C([2H])(c1ccccc1)C([2H])(c1ccccc1)C2([2H])c1ccccc1. The summed E-state index contributed by atoms with van der Waals surface area (Å²) in [5.41, 5.74) is 1.93. The van der Waals surface area contributed by atoms with E-state index < -0.39 is 30.2 Å². The van der Waals surface area contributed by atoms with E-state index in [2.05, 4.69) is 0 Å². The van der Waals surface area contributed by atoms with Crippen LogP contribution >= 0.6 is 0 Å². The molecule has 4 aromatic carbocycles. The van der Waals surface area contributed by atoms with E-state index in [0.29, 0.717) is 22.3 Å². The fourth-order valence-corrected chi connectivity index (χ4v) is 4.83. The molecule has 5 atom stereocenters. The Bertz CT molecular complexity index is 1580. The monoisotopic (exact) mass is 445 g/mol. The average Bonchev–Trinajstić information content (AvgIpc) is 3.01. The zero-order chi connectivity index (χ0) is 28.2. The minimum Gasteiger partial charge on any atom is -0.363 e. The van der Waals surface area contributed by atoms with Crippen molar-refractivity contribution in [2.45, 2.75) is 23.7 Å². The van der Waals surface area contributed by atoms with Crippen molar-refractivity contribution in [2.75, 3.05) is 6.52 Å². The number of fused-ring (bicyclic) bond motifs is 1. The van der Waals surface area contributed by atoms with Gasteiger partial charge in [-0.05, 0) is 28.3 Å². The molecule has 0 spiro atoms. The van der Waals surface area contributed by atoms with Crippen LogP contribution in [0.3, 0.4) is 0 Å². The van der Waals surface area contributed by atoms with Crippen molar-refractivity contribution in [3.63, 3.8) is 0 Å². The van der Waals surface area contributed by atoms with Crippen LogP contribution in [0, 0.1) is 0 Å². The van der Waals surface area contributed by atoms with Crippen LogP contribution in [0.2, 0.25) is 0 Å². The van der Waals surface area contributed by atoms with Gasteiger partial charge in [0.05, 0.1) is 10.1 Å². The average molecular weight is 446 g/mol. The molecule has 34 heavy (non-hydrogen) atoms. The van der Waals surface area contributed by atoms with Gasteiger partial charge in [-0.3, -0.25) is 0 Å². The summed E-state index contributed by atoms with van der Waals surface area (Å²) in [6.07, 6.45) is 3.10. The van der Waals surface area contributed by atoms with E-state index in [1.54, 1.807) is 91.0 Å². The maximum atomic E-state index is 10.6. The van der Waals surface area contributed by atoms with Gasteiger partial charge in [-0.25, -0.2) is 0 Å². The second kappa shape index (κ2) is 9.19. The topological polar surface area (TPSA) is 3.24 Å². The van der Waals surface area contributed by atoms with Crippen molar-refractivity contribution in [1.29, 1.82) is 0 Å². The second-order valence-corrected chi connectivity index (χ2v) is 8.32. The van der Waals surface area contributed by atoms with E-state index in [1.165, 1.54) is 11.0 Å². The van der Waals surface area contributed by atoms with Gasteiger partial charge in [0.25, 0.3) is 0 Å². The smallest absolute Gasteiger partial charge is 0.0617 e. The van der Waals surface area contributed by atoms with Gasteiger partial charge in [-0.2, -0.15) is 0 Å². The molecule has 0 saturated carbocycles. The summed E-state index contributed by atoms with van der Waals surface area (Å²) in [6, 6.07) is 33.6. The van der Waals surface area contributed by atoms with Crippen LogP contribution in [0.25, 0.3) is 0 Å². The highest BCUT2D eigenvalue weighted by atomic mass is 15.2. The molecule has 0 N–H and O–H groups in total. The van der Waals surface area contributed by atoms with Crippen molar-refractivity contribution in [3.05, 3.63) is 167 Å². The lowest BCUT2D eigenvalue weighted by Gasteiger charge is -2.53. The standard InChI is InChI=1S/C33H29N/c1-5-15-25(16-6-1)30-29-23-13-14-24-34(29)33(28-21-11-4-12-22-28)32(27-19-9-3-10-20-27)31(30)26-17-7-2-8-18-26/h1-23,30-33H,24H2/i14D,24D,30D,31D,32D,33D. The normalized spacial score (nSPS) is 37.4. The van der Waals surface area contributed by atoms with E-state index in [1.807, 2.05) is 36.4 Å². The zero-order valence-corrected chi connectivity index (χ0v) is 18.7. The summed E-state index contributed by atoms with van der Waals surface area (Å²) in [6.45, 7) is -1.36. The van der Waals surface area contributed by atoms with Gasteiger partial charge < -0.3 is 4.90 Å². The third-order valence-corrected chi connectivity index (χ3v) is 6.27. The van der Waals surface area contributed by atoms with Crippen molar-refractivity contribution in [3.8, 4) is 0 Å². The first-order chi connectivity index (χ1) is 19.2. The molecule has 5 unspecified atom stereocenters. The number of nitrogens with zero attached hydrogens (tertiary/aromatic N) is 1. The Morgan fingerprint density at radius 2 is 1.09 bits per heavy atom. The lowest BCUT2D eigenvalue weighted by atomic mass is 9.62. The Labute approximate surface area is 211 Å². The van der Waals surface area contributed by atoms with Crippen LogP contribution in [0.15, 0.2) is 145 Å². The van der Waals surface area contributed by atoms with Crippen LogP contribution < -0.4 is 0 Å². The number of rotatable bonds is 4. The summed E-state index contributed by atoms with van der Waals surface area (Å²) in [4.78, 5) is 1.43. The van der Waals surface area contributed by atoms with Crippen LogP contribution in [0.1, 0.15) is 54.2 Å². The van der Waals surface area contributed by atoms with E-state index in [4.69, 9.17) is 1.37 Å². The molecule has 0 aliphatic carbocycles. The molecule has 0 radical (unpaired) electrons. The number of hydrogen-bond acceptors (Lipinski definition) is 1. The molecule has 4 aromatic rings. The molecule has 1 heteroatoms. The Hall–Kier alpha value is -3.84. The molecule has 2 aliphatic heterocycles. The fraction of sp³-hybridized carbons (Fsp3) is 0.152. The predicted octanol–water partition coefficient (Wildman–Crippen LogP) is 7.85. The van der Waals surface area contributed by atoms with Crippen LogP contribution in [0.4, 0.5) is 0 Å². The van der Waals surface area contributed by atoms with Gasteiger partial charge in [0.1, 0.15) is 0 Å². The summed E-state index contributed by atoms with van der Waals surface area (Å²) >= 11 is 0. The van der Waals surface area contributed by atoms with Crippen LogP contribution in [-0.4, -0.2) is 11.4 Å².